The Morgan fingerprint density at radius 2 is 2.00 bits per heavy atom. The summed E-state index contributed by atoms with van der Waals surface area (Å²) in [4.78, 5) is 17.5. The largest absolute Gasteiger partial charge is 0.275 e. The minimum absolute atomic E-state index is 0.00755. The zero-order valence-corrected chi connectivity index (χ0v) is 15.0. The Bertz CT molecular complexity index is 822. The van der Waals surface area contributed by atoms with Crippen molar-refractivity contribution in [1.82, 2.24) is 19.6 Å². The summed E-state index contributed by atoms with van der Waals surface area (Å²) in [7, 11) is 1.90. The van der Waals surface area contributed by atoms with Gasteiger partial charge in [-0.25, -0.2) is 4.99 Å². The van der Waals surface area contributed by atoms with Crippen LogP contribution in [0.4, 0.5) is 5.82 Å². The van der Waals surface area contributed by atoms with Gasteiger partial charge in [-0.2, -0.15) is 5.10 Å². The average molecular weight is 345 g/mol. The molecule has 0 aromatic carbocycles. The van der Waals surface area contributed by atoms with Crippen molar-refractivity contribution < 1.29 is 0 Å². The van der Waals surface area contributed by atoms with E-state index in [4.69, 9.17) is 4.99 Å². The van der Waals surface area contributed by atoms with Crippen LogP contribution in [0.1, 0.15) is 67.9 Å². The Balaban J connectivity index is 1.80. The highest BCUT2D eigenvalue weighted by Gasteiger charge is 2.32. The first-order valence-electron chi connectivity index (χ1n) is 8.68. The second-order valence-corrected chi connectivity index (χ2v) is 8.07. The van der Waals surface area contributed by atoms with Crippen molar-refractivity contribution in [3.05, 3.63) is 33.9 Å². The predicted molar refractivity (Wildman–Crippen MR) is 97.2 cm³/mol. The molecule has 3 heterocycles. The Hall–Kier alpha value is -1.76. The Morgan fingerprint density at radius 3 is 2.67 bits per heavy atom. The SMILES string of the molecule is CC1=Nc2c(c(=O)[nH]n2C2CCCCCC2)[C@@H](c2cnn(C)c2)S1. The van der Waals surface area contributed by atoms with Crippen molar-refractivity contribution in [2.24, 2.45) is 12.0 Å². The van der Waals surface area contributed by atoms with Crippen molar-refractivity contribution in [3.63, 3.8) is 0 Å². The molecule has 2 aromatic heterocycles. The highest BCUT2D eigenvalue weighted by molar-refractivity contribution is 8.14. The van der Waals surface area contributed by atoms with Gasteiger partial charge in [0.25, 0.3) is 5.56 Å². The van der Waals surface area contributed by atoms with Crippen LogP contribution in [0, 0.1) is 0 Å². The molecule has 1 saturated carbocycles. The summed E-state index contributed by atoms with van der Waals surface area (Å²) in [5.74, 6) is 0.831. The van der Waals surface area contributed by atoms with Crippen molar-refractivity contribution in [2.45, 2.75) is 56.7 Å². The third kappa shape index (κ3) is 2.75. The smallest absolute Gasteiger partial charge is 0.271 e. The van der Waals surface area contributed by atoms with Gasteiger partial charge in [-0.05, 0) is 19.8 Å². The number of H-pyrrole nitrogens is 1. The number of rotatable bonds is 2. The van der Waals surface area contributed by atoms with E-state index in [1.165, 1.54) is 25.7 Å². The predicted octanol–water partition coefficient (Wildman–Crippen LogP) is 3.69. The maximum Gasteiger partial charge on any atom is 0.271 e. The number of nitrogens with zero attached hydrogens (tertiary/aromatic N) is 4. The van der Waals surface area contributed by atoms with E-state index in [-0.39, 0.29) is 10.8 Å². The lowest BCUT2D eigenvalue weighted by Crippen LogP contribution is -2.13. The van der Waals surface area contributed by atoms with Crippen molar-refractivity contribution in [3.8, 4) is 0 Å². The molecule has 1 aliphatic carbocycles. The molecule has 4 rings (SSSR count). The summed E-state index contributed by atoms with van der Waals surface area (Å²) in [5.41, 5.74) is 1.83. The second-order valence-electron chi connectivity index (χ2n) is 6.77. The van der Waals surface area contributed by atoms with Gasteiger partial charge in [0.1, 0.15) is 0 Å². The van der Waals surface area contributed by atoms with E-state index < -0.39 is 0 Å². The van der Waals surface area contributed by atoms with Crippen LogP contribution in [0.15, 0.2) is 22.2 Å². The second kappa shape index (κ2) is 6.27. The summed E-state index contributed by atoms with van der Waals surface area (Å²) in [6.07, 6.45) is 11.1. The third-order valence-electron chi connectivity index (χ3n) is 4.97. The van der Waals surface area contributed by atoms with Crippen molar-refractivity contribution in [1.29, 1.82) is 0 Å². The minimum Gasteiger partial charge on any atom is -0.275 e. The molecule has 0 bridgehead atoms. The van der Waals surface area contributed by atoms with E-state index in [2.05, 4.69) is 14.9 Å². The molecule has 0 unspecified atom stereocenters. The van der Waals surface area contributed by atoms with Crippen LogP contribution in [0.5, 0.6) is 0 Å². The van der Waals surface area contributed by atoms with E-state index >= 15 is 0 Å². The van der Waals surface area contributed by atoms with Gasteiger partial charge in [-0.1, -0.05) is 37.4 Å². The van der Waals surface area contributed by atoms with Crippen molar-refractivity contribution in [2.75, 3.05) is 0 Å². The molecule has 7 heteroatoms. The first-order valence-corrected chi connectivity index (χ1v) is 9.56. The number of aromatic amines is 1. The maximum atomic E-state index is 12.7. The molecular weight excluding hydrogens is 322 g/mol. The number of hydrogen-bond donors (Lipinski definition) is 1. The number of aryl methyl sites for hydroxylation is 1. The number of nitrogens with one attached hydrogen (secondary N) is 1. The zero-order valence-electron chi connectivity index (χ0n) is 14.2. The molecule has 0 amide bonds. The lowest BCUT2D eigenvalue weighted by molar-refractivity contribution is 0.407. The molecule has 1 atom stereocenters. The standard InChI is InChI=1S/C17H23N5OS/c1-11-19-16-14(15(24-11)12-9-18-21(2)10-12)17(23)20-22(16)13-7-5-3-4-6-8-13/h9-10,13,15H,3-8H2,1-2H3,(H,20,23)/t15-/m1/s1. The lowest BCUT2D eigenvalue weighted by atomic mass is 10.1. The summed E-state index contributed by atoms with van der Waals surface area (Å²) in [6.45, 7) is 2.02. The summed E-state index contributed by atoms with van der Waals surface area (Å²) >= 11 is 1.64. The number of hydrogen-bond acceptors (Lipinski definition) is 4. The average Bonchev–Trinajstić information content (AvgIpc) is 3.00. The summed E-state index contributed by atoms with van der Waals surface area (Å²) < 4.78 is 3.84. The van der Waals surface area contributed by atoms with Crippen molar-refractivity contribution >= 4 is 22.6 Å². The number of thioether (sulfide) groups is 1. The van der Waals surface area contributed by atoms with Crippen LogP contribution in [0.25, 0.3) is 0 Å². The Kier molecular flexibility index (Phi) is 4.12. The first kappa shape index (κ1) is 15.7. The summed E-state index contributed by atoms with van der Waals surface area (Å²) in [6, 6.07) is 0.359. The molecule has 2 aromatic rings. The zero-order chi connectivity index (χ0) is 16.7. The van der Waals surface area contributed by atoms with E-state index in [0.29, 0.717) is 6.04 Å². The molecule has 1 fully saturated rings. The molecule has 0 spiro atoms. The van der Waals surface area contributed by atoms with E-state index in [1.54, 1.807) is 16.4 Å². The van der Waals surface area contributed by atoms with Gasteiger partial charge in [0.15, 0.2) is 5.82 Å². The van der Waals surface area contributed by atoms with Gasteiger partial charge < -0.3 is 0 Å². The summed E-state index contributed by atoms with van der Waals surface area (Å²) in [5, 5.41) is 8.34. The molecule has 128 valence electrons. The fourth-order valence-corrected chi connectivity index (χ4v) is 4.87. The topological polar surface area (TPSA) is 68.0 Å². The van der Waals surface area contributed by atoms with Crippen LogP contribution < -0.4 is 5.56 Å². The highest BCUT2D eigenvalue weighted by atomic mass is 32.2. The fourth-order valence-electron chi connectivity index (χ4n) is 3.80. The maximum absolute atomic E-state index is 12.7. The van der Waals surface area contributed by atoms with Gasteiger partial charge in [0.05, 0.1) is 28.1 Å². The molecule has 0 saturated heterocycles. The quantitative estimate of drug-likeness (QED) is 0.844. The molecule has 1 N–H and O–H groups in total. The fraction of sp³-hybridized carbons (Fsp3) is 0.588. The van der Waals surface area contributed by atoms with E-state index in [9.17, 15) is 4.79 Å². The van der Waals surface area contributed by atoms with Crippen LogP contribution in [-0.4, -0.2) is 24.6 Å². The lowest BCUT2D eigenvalue weighted by Gasteiger charge is -2.22. The van der Waals surface area contributed by atoms with Gasteiger partial charge in [0.2, 0.25) is 0 Å². The highest BCUT2D eigenvalue weighted by Crippen LogP contribution is 2.44. The van der Waals surface area contributed by atoms with E-state index in [0.717, 1.165) is 34.8 Å². The number of aliphatic imine (C=N–C) groups is 1. The molecule has 0 radical (unpaired) electrons. The molecule has 1 aliphatic heterocycles. The number of fused-ring (bicyclic) bond motifs is 1. The minimum atomic E-state index is -0.0259. The van der Waals surface area contributed by atoms with Gasteiger partial charge in [-0.15, -0.1) is 0 Å². The van der Waals surface area contributed by atoms with Crippen LogP contribution in [0.2, 0.25) is 0 Å². The van der Waals surface area contributed by atoms with Gasteiger partial charge >= 0.3 is 0 Å². The normalized spacial score (nSPS) is 22.1. The van der Waals surface area contributed by atoms with Crippen LogP contribution >= 0.6 is 11.8 Å². The van der Waals surface area contributed by atoms with Crippen LogP contribution in [0.3, 0.4) is 0 Å². The number of aromatic nitrogens is 4. The Labute approximate surface area is 145 Å². The first-order chi connectivity index (χ1) is 11.6. The molecule has 2 aliphatic rings. The monoisotopic (exact) mass is 345 g/mol. The molecular formula is C17H23N5OS. The van der Waals surface area contributed by atoms with Crippen LogP contribution in [-0.2, 0) is 7.05 Å². The Morgan fingerprint density at radius 1 is 1.25 bits per heavy atom. The third-order valence-corrected chi connectivity index (χ3v) is 6.14. The molecule has 6 nitrogen and oxygen atoms in total. The van der Waals surface area contributed by atoms with Gasteiger partial charge in [0, 0.05) is 18.8 Å². The van der Waals surface area contributed by atoms with Gasteiger partial charge in [-0.3, -0.25) is 19.3 Å². The van der Waals surface area contributed by atoms with E-state index in [1.807, 2.05) is 26.4 Å². The molecule has 24 heavy (non-hydrogen) atoms.